The Labute approximate surface area is 90.1 Å². The summed E-state index contributed by atoms with van der Waals surface area (Å²) in [6, 6.07) is 4.79. The Morgan fingerprint density at radius 3 is 3.00 bits per heavy atom. The van der Waals surface area contributed by atoms with Gasteiger partial charge in [0.1, 0.15) is 6.61 Å². The SMILES string of the molecule is Cn1c(=O)oc2ccc(NC(=O)CO)cc21. The van der Waals surface area contributed by atoms with Crippen LogP contribution in [0.3, 0.4) is 0 Å². The van der Waals surface area contributed by atoms with Gasteiger partial charge in [0.2, 0.25) is 5.91 Å². The Kier molecular flexibility index (Phi) is 2.49. The lowest BCUT2D eigenvalue weighted by Crippen LogP contribution is -2.15. The van der Waals surface area contributed by atoms with Gasteiger partial charge in [0.05, 0.1) is 5.52 Å². The van der Waals surface area contributed by atoms with Crippen LogP contribution in [0.25, 0.3) is 11.1 Å². The number of aryl methyl sites for hydroxylation is 1. The zero-order chi connectivity index (χ0) is 11.7. The molecule has 0 unspecified atom stereocenters. The van der Waals surface area contributed by atoms with Gasteiger partial charge >= 0.3 is 5.76 Å². The molecule has 16 heavy (non-hydrogen) atoms. The first-order chi connectivity index (χ1) is 7.61. The fourth-order valence-electron chi connectivity index (χ4n) is 1.40. The predicted molar refractivity (Wildman–Crippen MR) is 57.2 cm³/mol. The minimum Gasteiger partial charge on any atom is -0.408 e. The minimum absolute atomic E-state index is 0.453. The van der Waals surface area contributed by atoms with Gasteiger partial charge in [-0.1, -0.05) is 0 Å². The van der Waals surface area contributed by atoms with Crippen LogP contribution in [0, 0.1) is 0 Å². The molecule has 1 amide bonds. The summed E-state index contributed by atoms with van der Waals surface area (Å²) < 4.78 is 6.27. The van der Waals surface area contributed by atoms with Crippen LogP contribution in [0.4, 0.5) is 5.69 Å². The Morgan fingerprint density at radius 1 is 1.56 bits per heavy atom. The molecule has 0 aliphatic carbocycles. The lowest BCUT2D eigenvalue weighted by atomic mass is 10.3. The summed E-state index contributed by atoms with van der Waals surface area (Å²) in [7, 11) is 1.58. The largest absolute Gasteiger partial charge is 0.419 e. The molecule has 6 heteroatoms. The number of aliphatic hydroxyl groups is 1. The van der Waals surface area contributed by atoms with Crippen molar-refractivity contribution in [2.45, 2.75) is 0 Å². The number of fused-ring (bicyclic) bond motifs is 1. The maximum atomic E-state index is 11.2. The Balaban J connectivity index is 2.47. The first-order valence-electron chi connectivity index (χ1n) is 4.62. The van der Waals surface area contributed by atoms with E-state index < -0.39 is 18.3 Å². The van der Waals surface area contributed by atoms with Crippen molar-refractivity contribution in [1.29, 1.82) is 0 Å². The molecule has 84 valence electrons. The van der Waals surface area contributed by atoms with Gasteiger partial charge in [-0.2, -0.15) is 0 Å². The summed E-state index contributed by atoms with van der Waals surface area (Å²) >= 11 is 0. The van der Waals surface area contributed by atoms with Crippen molar-refractivity contribution in [3.63, 3.8) is 0 Å². The van der Waals surface area contributed by atoms with E-state index in [1.165, 1.54) is 4.57 Å². The first kappa shape index (κ1) is 10.4. The fourth-order valence-corrected chi connectivity index (χ4v) is 1.40. The molecule has 0 bridgehead atoms. The molecule has 0 aliphatic heterocycles. The van der Waals surface area contributed by atoms with E-state index in [0.717, 1.165) is 0 Å². The molecular weight excluding hydrogens is 212 g/mol. The molecule has 0 saturated heterocycles. The molecule has 0 radical (unpaired) electrons. The lowest BCUT2D eigenvalue weighted by molar-refractivity contribution is -0.118. The summed E-state index contributed by atoms with van der Waals surface area (Å²) in [6.07, 6.45) is 0. The molecule has 2 aromatic rings. The third kappa shape index (κ3) is 1.70. The zero-order valence-electron chi connectivity index (χ0n) is 8.56. The Hall–Kier alpha value is -2.08. The molecule has 2 N–H and O–H groups in total. The van der Waals surface area contributed by atoms with Crippen LogP contribution in [0.2, 0.25) is 0 Å². The van der Waals surface area contributed by atoms with E-state index in [9.17, 15) is 9.59 Å². The number of amides is 1. The maximum Gasteiger partial charge on any atom is 0.419 e. The summed E-state index contributed by atoms with van der Waals surface area (Å²) in [5, 5.41) is 11.1. The van der Waals surface area contributed by atoms with Gasteiger partial charge in [-0.05, 0) is 18.2 Å². The highest BCUT2D eigenvalue weighted by Crippen LogP contribution is 2.17. The van der Waals surface area contributed by atoms with Crippen molar-refractivity contribution < 1.29 is 14.3 Å². The average molecular weight is 222 g/mol. The van der Waals surface area contributed by atoms with Gasteiger partial charge in [-0.25, -0.2) is 4.79 Å². The van der Waals surface area contributed by atoms with Gasteiger partial charge in [-0.15, -0.1) is 0 Å². The second-order valence-corrected chi connectivity index (χ2v) is 3.32. The van der Waals surface area contributed by atoms with Crippen molar-refractivity contribution in [2.24, 2.45) is 7.05 Å². The van der Waals surface area contributed by atoms with E-state index in [0.29, 0.717) is 16.8 Å². The normalized spacial score (nSPS) is 10.6. The van der Waals surface area contributed by atoms with Crippen LogP contribution in [-0.2, 0) is 11.8 Å². The topological polar surface area (TPSA) is 84.5 Å². The number of aromatic nitrogens is 1. The van der Waals surface area contributed by atoms with E-state index >= 15 is 0 Å². The Morgan fingerprint density at radius 2 is 2.31 bits per heavy atom. The number of rotatable bonds is 2. The van der Waals surface area contributed by atoms with Crippen LogP contribution in [0.5, 0.6) is 0 Å². The van der Waals surface area contributed by atoms with Gasteiger partial charge in [0, 0.05) is 12.7 Å². The van der Waals surface area contributed by atoms with Crippen molar-refractivity contribution in [2.75, 3.05) is 11.9 Å². The second-order valence-electron chi connectivity index (χ2n) is 3.32. The van der Waals surface area contributed by atoms with Crippen molar-refractivity contribution in [1.82, 2.24) is 4.57 Å². The van der Waals surface area contributed by atoms with Crippen LogP contribution < -0.4 is 11.1 Å². The van der Waals surface area contributed by atoms with E-state index in [-0.39, 0.29) is 0 Å². The van der Waals surface area contributed by atoms with E-state index in [2.05, 4.69) is 5.32 Å². The number of hydrogen-bond donors (Lipinski definition) is 2. The molecule has 0 atom stereocenters. The third-order valence-electron chi connectivity index (χ3n) is 2.22. The number of carbonyl (C=O) groups excluding carboxylic acids is 1. The van der Waals surface area contributed by atoms with Crippen LogP contribution >= 0.6 is 0 Å². The summed E-state index contributed by atoms with van der Waals surface area (Å²) in [6.45, 7) is -0.581. The Bertz CT molecular complexity index is 596. The molecule has 0 spiro atoms. The molecule has 0 fully saturated rings. The molecule has 1 aromatic carbocycles. The summed E-state index contributed by atoms with van der Waals surface area (Å²) in [4.78, 5) is 22.2. The van der Waals surface area contributed by atoms with Crippen molar-refractivity contribution in [3.05, 3.63) is 28.7 Å². The highest BCUT2D eigenvalue weighted by Gasteiger charge is 2.07. The van der Waals surface area contributed by atoms with Crippen molar-refractivity contribution in [3.8, 4) is 0 Å². The molecule has 1 heterocycles. The number of aliphatic hydroxyl groups excluding tert-OH is 1. The molecule has 1 aromatic heterocycles. The summed E-state index contributed by atoms with van der Waals surface area (Å²) in [5.41, 5.74) is 1.54. The minimum atomic E-state index is -0.581. The third-order valence-corrected chi connectivity index (χ3v) is 2.22. The second kappa shape index (κ2) is 3.82. The summed E-state index contributed by atoms with van der Waals surface area (Å²) in [5.74, 6) is -0.964. The number of benzene rings is 1. The number of oxazole rings is 1. The van der Waals surface area contributed by atoms with E-state index in [1.807, 2.05) is 0 Å². The van der Waals surface area contributed by atoms with E-state index in [1.54, 1.807) is 25.2 Å². The number of anilines is 1. The zero-order valence-corrected chi connectivity index (χ0v) is 8.56. The predicted octanol–water partition coefficient (Wildman–Crippen LogP) is 0.0623. The first-order valence-corrected chi connectivity index (χ1v) is 4.62. The fraction of sp³-hybridized carbons (Fsp3) is 0.200. The number of carbonyl (C=O) groups is 1. The van der Waals surface area contributed by atoms with Gasteiger partial charge < -0.3 is 14.8 Å². The van der Waals surface area contributed by atoms with Crippen LogP contribution in [0.1, 0.15) is 0 Å². The number of nitrogens with zero attached hydrogens (tertiary/aromatic N) is 1. The monoisotopic (exact) mass is 222 g/mol. The van der Waals surface area contributed by atoms with Gasteiger partial charge in [-0.3, -0.25) is 9.36 Å². The molecule has 0 saturated carbocycles. The van der Waals surface area contributed by atoms with Crippen LogP contribution in [-0.4, -0.2) is 22.2 Å². The van der Waals surface area contributed by atoms with Gasteiger partial charge in [0.25, 0.3) is 0 Å². The smallest absolute Gasteiger partial charge is 0.408 e. The molecule has 2 rings (SSSR count). The highest BCUT2D eigenvalue weighted by atomic mass is 16.4. The lowest BCUT2D eigenvalue weighted by Gasteiger charge is -2.02. The van der Waals surface area contributed by atoms with Crippen molar-refractivity contribution >= 4 is 22.7 Å². The number of nitrogens with one attached hydrogen (secondary N) is 1. The quantitative estimate of drug-likeness (QED) is 0.752. The van der Waals surface area contributed by atoms with E-state index in [4.69, 9.17) is 9.52 Å². The standard InChI is InChI=1S/C10H10N2O4/c1-12-7-4-6(11-9(14)5-13)2-3-8(7)16-10(12)15/h2-4,13H,5H2,1H3,(H,11,14). The maximum absolute atomic E-state index is 11.2. The van der Waals surface area contributed by atoms with Gasteiger partial charge in [0.15, 0.2) is 5.58 Å². The number of hydrogen-bond acceptors (Lipinski definition) is 4. The molecule has 0 aliphatic rings. The van der Waals surface area contributed by atoms with Crippen LogP contribution in [0.15, 0.2) is 27.4 Å². The highest BCUT2D eigenvalue weighted by molar-refractivity contribution is 5.93. The average Bonchev–Trinajstić information content (AvgIpc) is 2.55. The molecular formula is C10H10N2O4. The molecule has 6 nitrogen and oxygen atoms in total.